The SMILES string of the molecule is N#Cc1ccc(NC(=O)CCN2CCN(c3ccc(C(N)=O)cc3)CC2)cc1Cl. The number of hydrogen-bond donors (Lipinski definition) is 2. The van der Waals surface area contributed by atoms with Crippen molar-refractivity contribution in [3.8, 4) is 6.07 Å². The normalized spacial score (nSPS) is 14.3. The largest absolute Gasteiger partial charge is 0.369 e. The van der Waals surface area contributed by atoms with Gasteiger partial charge < -0.3 is 16.0 Å². The van der Waals surface area contributed by atoms with Crippen molar-refractivity contribution in [3.63, 3.8) is 0 Å². The highest BCUT2D eigenvalue weighted by atomic mass is 35.5. The predicted octanol–water partition coefficient (Wildman–Crippen LogP) is 2.46. The Morgan fingerprint density at radius 1 is 1.10 bits per heavy atom. The van der Waals surface area contributed by atoms with Crippen molar-refractivity contribution in [2.24, 2.45) is 5.73 Å². The van der Waals surface area contributed by atoms with Crippen LogP contribution in [0.5, 0.6) is 0 Å². The minimum atomic E-state index is -0.428. The number of amides is 2. The minimum Gasteiger partial charge on any atom is -0.369 e. The molecule has 29 heavy (non-hydrogen) atoms. The summed E-state index contributed by atoms with van der Waals surface area (Å²) < 4.78 is 0. The number of hydrogen-bond acceptors (Lipinski definition) is 5. The molecule has 1 fully saturated rings. The first kappa shape index (κ1) is 20.6. The van der Waals surface area contributed by atoms with E-state index in [4.69, 9.17) is 22.6 Å². The van der Waals surface area contributed by atoms with Crippen LogP contribution >= 0.6 is 11.6 Å². The van der Waals surface area contributed by atoms with Gasteiger partial charge in [0.05, 0.1) is 10.6 Å². The smallest absolute Gasteiger partial charge is 0.248 e. The van der Waals surface area contributed by atoms with Gasteiger partial charge in [-0.15, -0.1) is 0 Å². The van der Waals surface area contributed by atoms with Gasteiger partial charge in [-0.2, -0.15) is 5.26 Å². The molecule has 7 nitrogen and oxygen atoms in total. The zero-order valence-electron chi connectivity index (χ0n) is 15.9. The maximum Gasteiger partial charge on any atom is 0.248 e. The molecule has 3 rings (SSSR count). The van der Waals surface area contributed by atoms with Crippen molar-refractivity contribution in [3.05, 3.63) is 58.6 Å². The van der Waals surface area contributed by atoms with Gasteiger partial charge in [0.15, 0.2) is 0 Å². The fraction of sp³-hybridized carbons (Fsp3) is 0.286. The van der Waals surface area contributed by atoms with Gasteiger partial charge in [0.1, 0.15) is 6.07 Å². The Kier molecular flexibility index (Phi) is 6.70. The fourth-order valence-electron chi connectivity index (χ4n) is 3.23. The summed E-state index contributed by atoms with van der Waals surface area (Å²) in [5.41, 5.74) is 7.81. The van der Waals surface area contributed by atoms with Gasteiger partial charge in [0.25, 0.3) is 0 Å². The van der Waals surface area contributed by atoms with E-state index in [0.29, 0.717) is 34.8 Å². The quantitative estimate of drug-likeness (QED) is 0.760. The third-order valence-corrected chi connectivity index (χ3v) is 5.23. The molecule has 3 N–H and O–H groups in total. The summed E-state index contributed by atoms with van der Waals surface area (Å²) in [6.45, 7) is 4.08. The van der Waals surface area contributed by atoms with Gasteiger partial charge in [-0.25, -0.2) is 0 Å². The predicted molar refractivity (Wildman–Crippen MR) is 113 cm³/mol. The van der Waals surface area contributed by atoms with Crippen LogP contribution in [0.3, 0.4) is 0 Å². The Hall–Kier alpha value is -3.08. The van der Waals surface area contributed by atoms with E-state index >= 15 is 0 Å². The topological polar surface area (TPSA) is 102 Å². The van der Waals surface area contributed by atoms with E-state index in [1.54, 1.807) is 30.3 Å². The summed E-state index contributed by atoms with van der Waals surface area (Å²) in [4.78, 5) is 27.9. The summed E-state index contributed by atoms with van der Waals surface area (Å²) in [5, 5.41) is 12.0. The van der Waals surface area contributed by atoms with E-state index in [1.807, 2.05) is 18.2 Å². The number of nitrogens with two attached hydrogens (primary N) is 1. The lowest BCUT2D eigenvalue weighted by Gasteiger charge is -2.36. The molecule has 0 radical (unpaired) electrons. The summed E-state index contributed by atoms with van der Waals surface area (Å²) in [5.74, 6) is -0.516. The number of nitrogens with one attached hydrogen (secondary N) is 1. The molecule has 1 aliphatic heterocycles. The van der Waals surface area contributed by atoms with Gasteiger partial charge >= 0.3 is 0 Å². The molecule has 2 aromatic carbocycles. The Morgan fingerprint density at radius 2 is 1.79 bits per heavy atom. The van der Waals surface area contributed by atoms with Crippen LogP contribution in [0, 0.1) is 11.3 Å². The number of primary amides is 1. The molecule has 0 bridgehead atoms. The Morgan fingerprint density at radius 3 is 2.38 bits per heavy atom. The zero-order valence-corrected chi connectivity index (χ0v) is 16.7. The van der Waals surface area contributed by atoms with Crippen LogP contribution in [0.15, 0.2) is 42.5 Å². The number of piperazine rings is 1. The molecule has 0 saturated carbocycles. The maximum absolute atomic E-state index is 12.2. The second kappa shape index (κ2) is 9.41. The van der Waals surface area contributed by atoms with E-state index in [0.717, 1.165) is 31.9 Å². The molecule has 0 aliphatic carbocycles. The number of rotatable bonds is 6. The van der Waals surface area contributed by atoms with Crippen molar-refractivity contribution in [2.45, 2.75) is 6.42 Å². The number of carbonyl (C=O) groups excluding carboxylic acids is 2. The number of halogens is 1. The van der Waals surface area contributed by atoms with Gasteiger partial charge in [0.2, 0.25) is 11.8 Å². The molecule has 0 spiro atoms. The summed E-state index contributed by atoms with van der Waals surface area (Å²) >= 11 is 5.99. The van der Waals surface area contributed by atoms with E-state index < -0.39 is 5.91 Å². The molecular weight excluding hydrogens is 390 g/mol. The maximum atomic E-state index is 12.2. The van der Waals surface area contributed by atoms with E-state index in [9.17, 15) is 9.59 Å². The molecule has 1 heterocycles. The Bertz CT molecular complexity index is 931. The third kappa shape index (κ3) is 5.47. The average molecular weight is 412 g/mol. The molecule has 0 atom stereocenters. The molecule has 0 unspecified atom stereocenters. The Labute approximate surface area is 174 Å². The summed E-state index contributed by atoms with van der Waals surface area (Å²) in [7, 11) is 0. The highest BCUT2D eigenvalue weighted by Crippen LogP contribution is 2.20. The van der Waals surface area contributed by atoms with Gasteiger partial charge in [-0.3, -0.25) is 14.5 Å². The number of benzene rings is 2. The van der Waals surface area contributed by atoms with Crippen LogP contribution in [-0.4, -0.2) is 49.4 Å². The van der Waals surface area contributed by atoms with Crippen LogP contribution < -0.4 is 16.0 Å². The molecular formula is C21H22ClN5O2. The van der Waals surface area contributed by atoms with Gasteiger partial charge in [0, 0.05) is 56.1 Å². The van der Waals surface area contributed by atoms with Crippen molar-refractivity contribution >= 4 is 34.8 Å². The Balaban J connectivity index is 1.43. The molecule has 2 amide bonds. The zero-order chi connectivity index (χ0) is 20.8. The fourth-order valence-corrected chi connectivity index (χ4v) is 3.46. The second-order valence-corrected chi connectivity index (χ2v) is 7.25. The molecule has 150 valence electrons. The molecule has 2 aromatic rings. The van der Waals surface area contributed by atoms with Crippen LogP contribution in [0.1, 0.15) is 22.3 Å². The van der Waals surface area contributed by atoms with Crippen molar-refractivity contribution in [1.82, 2.24) is 4.90 Å². The lowest BCUT2D eigenvalue weighted by molar-refractivity contribution is -0.116. The summed E-state index contributed by atoms with van der Waals surface area (Å²) in [6.07, 6.45) is 0.380. The number of carbonyl (C=O) groups is 2. The minimum absolute atomic E-state index is 0.0877. The molecule has 0 aromatic heterocycles. The molecule has 1 aliphatic rings. The highest BCUT2D eigenvalue weighted by Gasteiger charge is 2.18. The number of nitrogens with zero attached hydrogens (tertiary/aromatic N) is 3. The van der Waals surface area contributed by atoms with E-state index in [2.05, 4.69) is 15.1 Å². The standard InChI is InChI=1S/C21H22ClN5O2/c22-19-13-17(4-1-16(19)14-23)25-20(28)7-8-26-9-11-27(12-10-26)18-5-2-15(3-6-18)21(24)29/h1-6,13H,7-12H2,(H2,24,29)(H,25,28). The average Bonchev–Trinajstić information content (AvgIpc) is 2.73. The number of anilines is 2. The lowest BCUT2D eigenvalue weighted by Crippen LogP contribution is -2.47. The first-order chi connectivity index (χ1) is 14.0. The lowest BCUT2D eigenvalue weighted by atomic mass is 10.1. The first-order valence-corrected chi connectivity index (χ1v) is 9.71. The van der Waals surface area contributed by atoms with Crippen molar-refractivity contribution in [1.29, 1.82) is 5.26 Å². The van der Waals surface area contributed by atoms with E-state index in [-0.39, 0.29) is 5.91 Å². The second-order valence-electron chi connectivity index (χ2n) is 6.84. The van der Waals surface area contributed by atoms with Crippen LogP contribution in [0.25, 0.3) is 0 Å². The van der Waals surface area contributed by atoms with Gasteiger partial charge in [-0.1, -0.05) is 11.6 Å². The van der Waals surface area contributed by atoms with Gasteiger partial charge in [-0.05, 0) is 42.5 Å². The molecule has 1 saturated heterocycles. The molecule has 8 heteroatoms. The number of nitriles is 1. The highest BCUT2D eigenvalue weighted by molar-refractivity contribution is 6.32. The van der Waals surface area contributed by atoms with E-state index in [1.165, 1.54) is 0 Å². The van der Waals surface area contributed by atoms with Crippen LogP contribution in [0.4, 0.5) is 11.4 Å². The van der Waals surface area contributed by atoms with Crippen LogP contribution in [0.2, 0.25) is 5.02 Å². The summed E-state index contributed by atoms with van der Waals surface area (Å²) in [6, 6.07) is 14.1. The van der Waals surface area contributed by atoms with Crippen LogP contribution in [-0.2, 0) is 4.79 Å². The van der Waals surface area contributed by atoms with Crippen molar-refractivity contribution in [2.75, 3.05) is 42.9 Å². The third-order valence-electron chi connectivity index (χ3n) is 4.92. The van der Waals surface area contributed by atoms with Crippen molar-refractivity contribution < 1.29 is 9.59 Å². The first-order valence-electron chi connectivity index (χ1n) is 9.33. The monoisotopic (exact) mass is 411 g/mol.